The molecule has 1 aromatic rings. The van der Waals surface area contributed by atoms with Crippen LogP contribution in [0.5, 0.6) is 0 Å². The molecule has 1 aliphatic carbocycles. The zero-order valence-corrected chi connectivity index (χ0v) is 12.6. The molecule has 0 aromatic heterocycles. The maximum absolute atomic E-state index is 11.8. The fraction of sp³-hybridized carbons (Fsp3) is 0.500. The van der Waals surface area contributed by atoms with E-state index in [1.54, 1.807) is 0 Å². The molecule has 1 amide bonds. The number of amides is 1. The number of carbonyl (C=O) groups excluding carboxylic acids is 1. The van der Waals surface area contributed by atoms with Gasteiger partial charge in [-0.15, -0.1) is 0 Å². The highest BCUT2D eigenvalue weighted by Crippen LogP contribution is 2.22. The maximum atomic E-state index is 11.8. The molecule has 1 N–H and O–H groups in total. The van der Waals surface area contributed by atoms with Crippen molar-refractivity contribution in [2.24, 2.45) is 0 Å². The van der Waals surface area contributed by atoms with E-state index in [9.17, 15) is 4.79 Å². The van der Waals surface area contributed by atoms with Crippen molar-refractivity contribution in [3.63, 3.8) is 0 Å². The summed E-state index contributed by atoms with van der Waals surface area (Å²) in [5, 5.41) is 3.81. The van der Waals surface area contributed by atoms with Crippen LogP contribution in [0.3, 0.4) is 0 Å². The van der Waals surface area contributed by atoms with E-state index in [1.165, 1.54) is 12.8 Å². The third-order valence-electron chi connectivity index (χ3n) is 3.36. The molecule has 1 aromatic carbocycles. The predicted octanol–water partition coefficient (Wildman–Crippen LogP) is 4.09. The van der Waals surface area contributed by atoms with Crippen molar-refractivity contribution >= 4 is 33.4 Å². The van der Waals surface area contributed by atoms with Crippen LogP contribution in [0.25, 0.3) is 0 Å². The molecule has 1 saturated carbocycles. The molecule has 18 heavy (non-hydrogen) atoms. The number of rotatable bonds is 4. The summed E-state index contributed by atoms with van der Waals surface area (Å²) in [6, 6.07) is 6.19. The van der Waals surface area contributed by atoms with Crippen molar-refractivity contribution < 1.29 is 4.79 Å². The van der Waals surface area contributed by atoms with E-state index < -0.39 is 0 Å². The SMILES string of the molecule is O=C(CCc1ccc(Br)cc1Cl)NC1CCCC1. The molecule has 98 valence electrons. The monoisotopic (exact) mass is 329 g/mol. The molecule has 0 aliphatic heterocycles. The van der Waals surface area contributed by atoms with Crippen LogP contribution in [0.2, 0.25) is 5.02 Å². The summed E-state index contributed by atoms with van der Waals surface area (Å²) in [5.74, 6) is 0.140. The number of nitrogens with one attached hydrogen (secondary N) is 1. The largest absolute Gasteiger partial charge is 0.353 e. The van der Waals surface area contributed by atoms with Gasteiger partial charge in [-0.1, -0.05) is 46.4 Å². The Balaban J connectivity index is 1.81. The Morgan fingerprint density at radius 3 is 2.78 bits per heavy atom. The van der Waals surface area contributed by atoms with E-state index in [2.05, 4.69) is 21.2 Å². The first-order valence-corrected chi connectivity index (χ1v) is 7.55. The summed E-state index contributed by atoms with van der Waals surface area (Å²) < 4.78 is 0.964. The average molecular weight is 331 g/mol. The second-order valence-electron chi connectivity index (χ2n) is 4.78. The summed E-state index contributed by atoms with van der Waals surface area (Å²) >= 11 is 9.49. The Labute approximate surface area is 121 Å². The molecule has 4 heteroatoms. The molecule has 0 radical (unpaired) electrons. The van der Waals surface area contributed by atoms with Crippen molar-refractivity contribution in [3.8, 4) is 0 Å². The van der Waals surface area contributed by atoms with Gasteiger partial charge in [0.05, 0.1) is 0 Å². The van der Waals surface area contributed by atoms with Crippen LogP contribution in [-0.2, 0) is 11.2 Å². The second kappa shape index (κ2) is 6.58. The van der Waals surface area contributed by atoms with E-state index >= 15 is 0 Å². The van der Waals surface area contributed by atoms with Crippen LogP contribution >= 0.6 is 27.5 Å². The lowest BCUT2D eigenvalue weighted by molar-refractivity contribution is -0.121. The molecular formula is C14H17BrClNO. The van der Waals surface area contributed by atoms with E-state index in [-0.39, 0.29) is 5.91 Å². The summed E-state index contributed by atoms with van der Waals surface area (Å²) in [7, 11) is 0. The van der Waals surface area contributed by atoms with Gasteiger partial charge in [0.1, 0.15) is 0 Å². The first kappa shape index (κ1) is 13.9. The Hall–Kier alpha value is -0.540. The fourth-order valence-corrected chi connectivity index (χ4v) is 3.11. The minimum atomic E-state index is 0.140. The molecule has 1 aliphatic rings. The molecule has 0 unspecified atom stereocenters. The van der Waals surface area contributed by atoms with Gasteiger partial charge in [0.25, 0.3) is 0 Å². The zero-order chi connectivity index (χ0) is 13.0. The molecular weight excluding hydrogens is 314 g/mol. The Kier molecular flexibility index (Phi) is 5.07. The summed E-state index contributed by atoms with van der Waals surface area (Å²) in [5.41, 5.74) is 1.03. The van der Waals surface area contributed by atoms with Gasteiger partial charge < -0.3 is 5.32 Å². The Morgan fingerprint density at radius 1 is 1.39 bits per heavy atom. The summed E-state index contributed by atoms with van der Waals surface area (Å²) in [4.78, 5) is 11.8. The second-order valence-corrected chi connectivity index (χ2v) is 6.11. The predicted molar refractivity (Wildman–Crippen MR) is 77.9 cm³/mol. The standard InChI is InChI=1S/C14H17BrClNO/c15-11-7-5-10(13(16)9-11)6-8-14(18)17-12-3-1-2-4-12/h5,7,9,12H,1-4,6,8H2,(H,17,18). The highest BCUT2D eigenvalue weighted by molar-refractivity contribution is 9.10. The molecule has 0 bridgehead atoms. The first-order chi connectivity index (χ1) is 8.65. The minimum Gasteiger partial charge on any atom is -0.353 e. The number of halogens is 2. The van der Waals surface area contributed by atoms with Crippen LogP contribution in [0.15, 0.2) is 22.7 Å². The average Bonchev–Trinajstić information content (AvgIpc) is 2.80. The lowest BCUT2D eigenvalue weighted by Gasteiger charge is -2.12. The highest BCUT2D eigenvalue weighted by Gasteiger charge is 2.16. The number of aryl methyl sites for hydroxylation is 1. The van der Waals surface area contributed by atoms with Gasteiger partial charge in [-0.25, -0.2) is 0 Å². The zero-order valence-electron chi connectivity index (χ0n) is 10.2. The van der Waals surface area contributed by atoms with E-state index in [0.29, 0.717) is 18.9 Å². The first-order valence-electron chi connectivity index (χ1n) is 6.38. The Bertz CT molecular complexity index is 430. The molecule has 2 rings (SSSR count). The third kappa shape index (κ3) is 3.99. The Morgan fingerprint density at radius 2 is 2.11 bits per heavy atom. The normalized spacial score (nSPS) is 15.9. The fourth-order valence-electron chi connectivity index (χ4n) is 2.34. The van der Waals surface area contributed by atoms with Crippen molar-refractivity contribution in [3.05, 3.63) is 33.3 Å². The van der Waals surface area contributed by atoms with Gasteiger partial charge in [0, 0.05) is 22.0 Å². The van der Waals surface area contributed by atoms with E-state index in [1.807, 2.05) is 18.2 Å². The van der Waals surface area contributed by atoms with Crippen LogP contribution in [-0.4, -0.2) is 11.9 Å². The molecule has 0 saturated heterocycles. The van der Waals surface area contributed by atoms with E-state index in [0.717, 1.165) is 27.9 Å². The number of carbonyl (C=O) groups is 1. The van der Waals surface area contributed by atoms with Gasteiger partial charge in [0.15, 0.2) is 0 Å². The van der Waals surface area contributed by atoms with Crippen LogP contribution in [0.4, 0.5) is 0 Å². The lowest BCUT2D eigenvalue weighted by Crippen LogP contribution is -2.32. The molecule has 2 nitrogen and oxygen atoms in total. The molecule has 1 fully saturated rings. The summed E-state index contributed by atoms with van der Waals surface area (Å²) in [6.45, 7) is 0. The quantitative estimate of drug-likeness (QED) is 0.885. The number of hydrogen-bond donors (Lipinski definition) is 1. The van der Waals surface area contributed by atoms with Gasteiger partial charge in [-0.2, -0.15) is 0 Å². The topological polar surface area (TPSA) is 29.1 Å². The van der Waals surface area contributed by atoms with Gasteiger partial charge in [0.2, 0.25) is 5.91 Å². The molecule has 0 atom stereocenters. The van der Waals surface area contributed by atoms with E-state index in [4.69, 9.17) is 11.6 Å². The van der Waals surface area contributed by atoms with Crippen LogP contribution < -0.4 is 5.32 Å². The van der Waals surface area contributed by atoms with Crippen molar-refractivity contribution in [1.82, 2.24) is 5.32 Å². The maximum Gasteiger partial charge on any atom is 0.220 e. The molecule has 0 spiro atoms. The van der Waals surface area contributed by atoms with Crippen LogP contribution in [0, 0.1) is 0 Å². The highest BCUT2D eigenvalue weighted by atomic mass is 79.9. The van der Waals surface area contributed by atoms with Crippen molar-refractivity contribution in [2.75, 3.05) is 0 Å². The minimum absolute atomic E-state index is 0.140. The van der Waals surface area contributed by atoms with Gasteiger partial charge in [-0.3, -0.25) is 4.79 Å². The third-order valence-corrected chi connectivity index (χ3v) is 4.20. The lowest BCUT2D eigenvalue weighted by atomic mass is 10.1. The molecule has 0 heterocycles. The van der Waals surface area contributed by atoms with Gasteiger partial charge in [-0.05, 0) is 37.0 Å². The smallest absolute Gasteiger partial charge is 0.220 e. The number of benzene rings is 1. The van der Waals surface area contributed by atoms with Crippen molar-refractivity contribution in [1.29, 1.82) is 0 Å². The summed E-state index contributed by atoms with van der Waals surface area (Å²) in [6.07, 6.45) is 5.95. The van der Waals surface area contributed by atoms with Crippen molar-refractivity contribution in [2.45, 2.75) is 44.6 Å². The van der Waals surface area contributed by atoms with Crippen LogP contribution in [0.1, 0.15) is 37.7 Å². The van der Waals surface area contributed by atoms with Gasteiger partial charge >= 0.3 is 0 Å². The number of hydrogen-bond acceptors (Lipinski definition) is 1.